The van der Waals surface area contributed by atoms with Gasteiger partial charge in [-0.15, -0.1) is 0 Å². The van der Waals surface area contributed by atoms with Gasteiger partial charge in [0.25, 0.3) is 18.9 Å². The Labute approximate surface area is 95.9 Å². The second-order valence-electron chi connectivity index (χ2n) is 2.14. The molecule has 0 spiro atoms. The molecule has 0 aliphatic heterocycles. The Morgan fingerprint density at radius 1 is 1.35 bits per heavy atom. The van der Waals surface area contributed by atoms with Crippen molar-refractivity contribution < 1.29 is 29.0 Å². The van der Waals surface area contributed by atoms with Gasteiger partial charge in [-0.3, -0.25) is 14.4 Å². The molecular weight excluding hydrogens is 235 g/mol. The van der Waals surface area contributed by atoms with E-state index in [0.29, 0.717) is 0 Å². The fourth-order valence-corrected chi connectivity index (χ4v) is 0.663. The first-order chi connectivity index (χ1) is 8.06. The Bertz CT molecular complexity index is 353. The lowest BCUT2D eigenvalue weighted by Crippen LogP contribution is -2.19. The molecule has 0 aromatic carbocycles. The van der Waals surface area contributed by atoms with Gasteiger partial charge in [-0.1, -0.05) is 6.07 Å². The molecule has 0 fully saturated rings. The highest BCUT2D eigenvalue weighted by Gasteiger charge is 2.03. The highest BCUT2D eigenvalue weighted by Crippen LogP contribution is 1.96. The van der Waals surface area contributed by atoms with Crippen molar-refractivity contribution in [2.24, 2.45) is 0 Å². The van der Waals surface area contributed by atoms with E-state index in [0.717, 1.165) is 0 Å². The Balaban J connectivity index is 0. The van der Waals surface area contributed by atoms with E-state index in [4.69, 9.17) is 19.8 Å². The van der Waals surface area contributed by atoms with Crippen LogP contribution in [0.2, 0.25) is 0 Å². The summed E-state index contributed by atoms with van der Waals surface area (Å²) in [6.45, 7) is -0.500. The number of carbonyl (C=O) groups is 3. The topological polar surface area (TPSA) is 117 Å². The van der Waals surface area contributed by atoms with Crippen LogP contribution in [0.1, 0.15) is 10.5 Å². The number of carboxylic acid groups (broad SMARTS) is 2. The maximum Gasteiger partial charge on any atom is 0.290 e. The van der Waals surface area contributed by atoms with E-state index in [2.05, 4.69) is 10.3 Å². The third-order valence-corrected chi connectivity index (χ3v) is 1.17. The van der Waals surface area contributed by atoms with Crippen LogP contribution in [0.3, 0.4) is 0 Å². The molecule has 17 heavy (non-hydrogen) atoms. The van der Waals surface area contributed by atoms with E-state index in [9.17, 15) is 9.18 Å². The van der Waals surface area contributed by atoms with Crippen LogP contribution in [-0.4, -0.2) is 41.1 Å². The van der Waals surface area contributed by atoms with Gasteiger partial charge in [0.05, 0.1) is 0 Å². The predicted molar refractivity (Wildman–Crippen MR) is 55.0 cm³/mol. The second-order valence-corrected chi connectivity index (χ2v) is 2.14. The summed E-state index contributed by atoms with van der Waals surface area (Å²) in [5.74, 6) is -1.03. The van der Waals surface area contributed by atoms with Crippen molar-refractivity contribution in [1.82, 2.24) is 10.3 Å². The fraction of sp³-hybridized carbons (Fsp3) is 0.111. The van der Waals surface area contributed by atoms with E-state index in [1.54, 1.807) is 0 Å². The first kappa shape index (κ1) is 16.9. The molecular formula is C9H11FN2O5. The summed E-state index contributed by atoms with van der Waals surface area (Å²) in [5, 5.41) is 16.1. The molecule has 1 amide bonds. The minimum absolute atomic E-state index is 0.0903. The van der Waals surface area contributed by atoms with Crippen molar-refractivity contribution in [2.45, 2.75) is 0 Å². The number of halogens is 1. The monoisotopic (exact) mass is 246 g/mol. The van der Waals surface area contributed by atoms with Gasteiger partial charge in [0.2, 0.25) is 5.95 Å². The SMILES string of the molecule is CNC(=O)c1cccc(F)n1.O=CO.O=CO. The average Bonchev–Trinajstić information content (AvgIpc) is 2.30. The van der Waals surface area contributed by atoms with Crippen LogP contribution in [0.5, 0.6) is 0 Å². The Morgan fingerprint density at radius 2 is 1.82 bits per heavy atom. The van der Waals surface area contributed by atoms with Crippen LogP contribution in [0.4, 0.5) is 4.39 Å². The van der Waals surface area contributed by atoms with Crippen LogP contribution in [-0.2, 0) is 9.59 Å². The molecule has 0 radical (unpaired) electrons. The molecule has 0 aliphatic rings. The van der Waals surface area contributed by atoms with Crippen LogP contribution in [0.15, 0.2) is 18.2 Å². The number of rotatable bonds is 1. The molecule has 1 aromatic rings. The normalized spacial score (nSPS) is 7.41. The Morgan fingerprint density at radius 3 is 2.18 bits per heavy atom. The second kappa shape index (κ2) is 11.6. The molecule has 1 aromatic heterocycles. The maximum absolute atomic E-state index is 12.4. The zero-order chi connectivity index (χ0) is 13.7. The molecule has 0 atom stereocenters. The zero-order valence-electron chi connectivity index (χ0n) is 8.83. The maximum atomic E-state index is 12.4. The quantitative estimate of drug-likeness (QED) is 0.473. The highest BCUT2D eigenvalue weighted by atomic mass is 19.1. The van der Waals surface area contributed by atoms with Crippen LogP contribution < -0.4 is 5.32 Å². The van der Waals surface area contributed by atoms with Crippen molar-refractivity contribution in [2.75, 3.05) is 7.05 Å². The summed E-state index contributed by atoms with van der Waals surface area (Å²) in [4.78, 5) is 30.9. The number of amides is 1. The standard InChI is InChI=1S/C7H7FN2O.2CH2O2/c1-9-7(11)5-3-2-4-6(8)10-5;2*2-1-3/h2-4H,1H3,(H,9,11);2*1H,(H,2,3). The number of pyridine rings is 1. The lowest BCUT2D eigenvalue weighted by molar-refractivity contribution is -0.123. The molecule has 1 heterocycles. The summed E-state index contributed by atoms with van der Waals surface area (Å²) in [5.41, 5.74) is 0.0903. The Kier molecular flexibility index (Phi) is 11.5. The molecule has 0 unspecified atom stereocenters. The van der Waals surface area contributed by atoms with E-state index >= 15 is 0 Å². The molecule has 0 aliphatic carbocycles. The molecule has 1 rings (SSSR count). The van der Waals surface area contributed by atoms with Gasteiger partial charge in [0.1, 0.15) is 5.69 Å². The van der Waals surface area contributed by atoms with Gasteiger partial charge >= 0.3 is 0 Å². The third kappa shape index (κ3) is 9.79. The van der Waals surface area contributed by atoms with Gasteiger partial charge in [0.15, 0.2) is 0 Å². The van der Waals surface area contributed by atoms with Crippen LogP contribution in [0.25, 0.3) is 0 Å². The number of carbonyl (C=O) groups excluding carboxylic acids is 1. The fourth-order valence-electron chi connectivity index (χ4n) is 0.663. The van der Waals surface area contributed by atoms with Gasteiger partial charge < -0.3 is 15.5 Å². The van der Waals surface area contributed by atoms with Crippen LogP contribution >= 0.6 is 0 Å². The number of hydrogen-bond acceptors (Lipinski definition) is 4. The molecule has 8 heteroatoms. The van der Waals surface area contributed by atoms with Crippen molar-refractivity contribution >= 4 is 18.9 Å². The van der Waals surface area contributed by atoms with Crippen molar-refractivity contribution in [3.8, 4) is 0 Å². The third-order valence-electron chi connectivity index (χ3n) is 1.17. The first-order valence-electron chi connectivity index (χ1n) is 4.07. The van der Waals surface area contributed by atoms with E-state index in [-0.39, 0.29) is 24.5 Å². The van der Waals surface area contributed by atoms with Gasteiger partial charge in [-0.2, -0.15) is 4.39 Å². The summed E-state index contributed by atoms with van der Waals surface area (Å²) in [7, 11) is 1.47. The molecule has 7 nitrogen and oxygen atoms in total. The smallest absolute Gasteiger partial charge is 0.290 e. The number of hydrogen-bond donors (Lipinski definition) is 3. The Hall–Kier alpha value is -2.51. The van der Waals surface area contributed by atoms with E-state index < -0.39 is 5.95 Å². The minimum Gasteiger partial charge on any atom is -0.483 e. The highest BCUT2D eigenvalue weighted by molar-refractivity contribution is 5.91. The summed E-state index contributed by atoms with van der Waals surface area (Å²) in [6.07, 6.45) is 0. The summed E-state index contributed by atoms with van der Waals surface area (Å²) >= 11 is 0. The molecule has 0 saturated heterocycles. The largest absolute Gasteiger partial charge is 0.483 e. The minimum atomic E-state index is -0.647. The van der Waals surface area contributed by atoms with Crippen molar-refractivity contribution in [3.63, 3.8) is 0 Å². The van der Waals surface area contributed by atoms with Gasteiger partial charge in [-0.05, 0) is 12.1 Å². The molecule has 0 saturated carbocycles. The van der Waals surface area contributed by atoms with Crippen LogP contribution in [0, 0.1) is 5.95 Å². The number of nitrogens with zero attached hydrogens (tertiary/aromatic N) is 1. The molecule has 3 N–H and O–H groups in total. The lowest BCUT2D eigenvalue weighted by atomic mass is 10.3. The molecule has 94 valence electrons. The average molecular weight is 246 g/mol. The zero-order valence-corrected chi connectivity index (χ0v) is 8.83. The predicted octanol–water partition coefficient (Wildman–Crippen LogP) is -0.0181. The number of aromatic nitrogens is 1. The number of nitrogens with one attached hydrogen (secondary N) is 1. The molecule has 0 bridgehead atoms. The van der Waals surface area contributed by atoms with E-state index in [1.807, 2.05) is 0 Å². The summed E-state index contributed by atoms with van der Waals surface area (Å²) < 4.78 is 12.4. The first-order valence-corrected chi connectivity index (χ1v) is 4.07. The van der Waals surface area contributed by atoms with Gasteiger partial charge in [0, 0.05) is 7.05 Å². The summed E-state index contributed by atoms with van der Waals surface area (Å²) in [6, 6.07) is 4.07. The lowest BCUT2D eigenvalue weighted by Gasteiger charge is -1.96. The van der Waals surface area contributed by atoms with Crippen molar-refractivity contribution in [1.29, 1.82) is 0 Å². The van der Waals surface area contributed by atoms with Crippen molar-refractivity contribution in [3.05, 3.63) is 29.8 Å². The van der Waals surface area contributed by atoms with E-state index in [1.165, 1.54) is 25.2 Å². The van der Waals surface area contributed by atoms with Gasteiger partial charge in [-0.25, -0.2) is 4.98 Å².